The number of rotatable bonds is 4. The summed E-state index contributed by atoms with van der Waals surface area (Å²) in [5, 5.41) is 22.6. The van der Waals surface area contributed by atoms with E-state index in [2.05, 4.69) is 5.32 Å². The van der Waals surface area contributed by atoms with Gasteiger partial charge in [-0.2, -0.15) is 0 Å². The van der Waals surface area contributed by atoms with Gasteiger partial charge in [-0.1, -0.05) is 0 Å². The Morgan fingerprint density at radius 3 is 1.73 bits per heavy atom. The van der Waals surface area contributed by atoms with Gasteiger partial charge < -0.3 is 5.32 Å². The van der Waals surface area contributed by atoms with Crippen molar-refractivity contribution in [3.8, 4) is 0 Å². The molecule has 0 bridgehead atoms. The van der Waals surface area contributed by atoms with Crippen molar-refractivity contribution >= 4 is 0 Å². The van der Waals surface area contributed by atoms with Crippen LogP contribution in [-0.2, 0) is 0 Å². The minimum absolute atomic E-state index is 0.764. The average Bonchev–Trinajstić information content (AvgIpc) is 1.85. The Morgan fingerprint density at radius 1 is 1.27 bits per heavy atom. The van der Waals surface area contributed by atoms with E-state index in [4.69, 9.17) is 0 Å². The second-order valence-corrected chi connectivity index (χ2v) is 2.06. The molecule has 0 heterocycles. The van der Waals surface area contributed by atoms with Crippen molar-refractivity contribution < 1.29 is 9.85 Å². The third-order valence-electron chi connectivity index (χ3n) is 1.33. The fourth-order valence-electron chi connectivity index (χ4n) is 0.591. The van der Waals surface area contributed by atoms with Gasteiger partial charge in [0.25, 0.3) is 0 Å². The maximum Gasteiger partial charge on any atom is 0.465 e. The van der Waals surface area contributed by atoms with E-state index in [1.807, 2.05) is 0 Å². The number of hydrogen-bond acceptors (Lipinski definition) is 5. The Balaban J connectivity index is 4.34. The number of likely N-dealkylation sites (N-methyl/N-ethyl adjacent to an activating group) is 1. The molecule has 1 atom stereocenters. The SMILES string of the molecule is CNC(C)C([N+](=O)[O-])[N+](=O)[O-]. The molecule has 0 spiro atoms. The molecule has 0 aromatic carbocycles. The molecule has 0 amide bonds. The van der Waals surface area contributed by atoms with Crippen LogP contribution in [-0.4, -0.2) is 29.1 Å². The fraction of sp³-hybridized carbons (Fsp3) is 1.00. The van der Waals surface area contributed by atoms with Gasteiger partial charge in [-0.3, -0.25) is 20.2 Å². The summed E-state index contributed by atoms with van der Waals surface area (Å²) in [4.78, 5) is 18.3. The van der Waals surface area contributed by atoms with Crippen LogP contribution in [0.15, 0.2) is 0 Å². The molecule has 0 aromatic rings. The van der Waals surface area contributed by atoms with Crippen LogP contribution in [0.3, 0.4) is 0 Å². The molecule has 0 aromatic heterocycles. The number of nitrogens with zero attached hydrogens (tertiary/aromatic N) is 2. The minimum Gasteiger partial charge on any atom is -0.305 e. The lowest BCUT2D eigenvalue weighted by molar-refractivity contribution is -0.745. The Hall–Kier alpha value is -1.24. The quantitative estimate of drug-likeness (QED) is 0.341. The third-order valence-corrected chi connectivity index (χ3v) is 1.33. The van der Waals surface area contributed by atoms with Crippen molar-refractivity contribution in [2.24, 2.45) is 0 Å². The first-order valence-electron chi connectivity index (χ1n) is 2.95. The Bertz CT molecular complexity index is 157. The van der Waals surface area contributed by atoms with E-state index in [9.17, 15) is 20.2 Å². The van der Waals surface area contributed by atoms with E-state index < -0.39 is 22.1 Å². The highest BCUT2D eigenvalue weighted by Crippen LogP contribution is 1.97. The molecule has 7 heteroatoms. The molecule has 1 unspecified atom stereocenters. The third kappa shape index (κ3) is 2.46. The van der Waals surface area contributed by atoms with Gasteiger partial charge in [0.1, 0.15) is 6.04 Å². The summed E-state index contributed by atoms with van der Waals surface area (Å²) in [5.41, 5.74) is 0. The molecule has 0 saturated heterocycles. The lowest BCUT2D eigenvalue weighted by Crippen LogP contribution is -2.45. The van der Waals surface area contributed by atoms with Gasteiger partial charge in [0, 0.05) is 0 Å². The Labute approximate surface area is 62.7 Å². The largest absolute Gasteiger partial charge is 0.465 e. The molecular weight excluding hydrogens is 154 g/mol. The molecule has 0 aliphatic rings. The highest BCUT2D eigenvalue weighted by atomic mass is 16.7. The van der Waals surface area contributed by atoms with Crippen molar-refractivity contribution in [1.29, 1.82) is 0 Å². The van der Waals surface area contributed by atoms with Gasteiger partial charge in [-0.15, -0.1) is 0 Å². The normalized spacial score (nSPS) is 13.0. The molecule has 1 N–H and O–H groups in total. The van der Waals surface area contributed by atoms with Crippen LogP contribution in [0.5, 0.6) is 0 Å². The summed E-state index contributed by atoms with van der Waals surface area (Å²) in [6.07, 6.45) is -1.76. The van der Waals surface area contributed by atoms with Gasteiger partial charge in [0.15, 0.2) is 0 Å². The first kappa shape index (κ1) is 9.76. The van der Waals surface area contributed by atoms with E-state index in [1.54, 1.807) is 0 Å². The zero-order chi connectivity index (χ0) is 9.02. The smallest absolute Gasteiger partial charge is 0.305 e. The lowest BCUT2D eigenvalue weighted by atomic mass is 10.3. The van der Waals surface area contributed by atoms with Crippen molar-refractivity contribution in [3.05, 3.63) is 20.2 Å². The zero-order valence-electron chi connectivity index (χ0n) is 6.18. The summed E-state index contributed by atoms with van der Waals surface area (Å²) >= 11 is 0. The van der Waals surface area contributed by atoms with Crippen LogP contribution >= 0.6 is 0 Å². The van der Waals surface area contributed by atoms with Crippen LogP contribution in [0.1, 0.15) is 6.92 Å². The molecular formula is C4H9N3O4. The first-order valence-corrected chi connectivity index (χ1v) is 2.95. The zero-order valence-corrected chi connectivity index (χ0v) is 6.18. The number of nitro groups is 2. The van der Waals surface area contributed by atoms with Crippen LogP contribution in [0.2, 0.25) is 0 Å². The van der Waals surface area contributed by atoms with E-state index >= 15 is 0 Å². The van der Waals surface area contributed by atoms with Gasteiger partial charge in [-0.05, 0) is 14.0 Å². The van der Waals surface area contributed by atoms with Crippen LogP contribution in [0, 0.1) is 20.2 Å². The standard InChI is InChI=1S/C4H9N3O4/c1-3(5-2)4(6(8)9)7(10)11/h3-5H,1-2H3. The van der Waals surface area contributed by atoms with E-state index in [0.717, 1.165) is 0 Å². The molecule has 11 heavy (non-hydrogen) atoms. The molecule has 0 aliphatic carbocycles. The predicted molar refractivity (Wildman–Crippen MR) is 36.3 cm³/mol. The second kappa shape index (κ2) is 3.81. The maximum atomic E-state index is 10.1. The molecule has 0 saturated carbocycles. The molecule has 7 nitrogen and oxygen atoms in total. The predicted octanol–water partition coefficient (Wildman–Crippen LogP) is -0.526. The molecule has 0 aliphatic heterocycles. The minimum atomic E-state index is -1.76. The maximum absolute atomic E-state index is 10.1. The fourth-order valence-corrected chi connectivity index (χ4v) is 0.591. The first-order chi connectivity index (χ1) is 5.00. The Morgan fingerprint density at radius 2 is 1.64 bits per heavy atom. The van der Waals surface area contributed by atoms with Gasteiger partial charge in [-0.25, -0.2) is 0 Å². The average molecular weight is 163 g/mol. The van der Waals surface area contributed by atoms with Crippen molar-refractivity contribution in [1.82, 2.24) is 5.32 Å². The summed E-state index contributed by atoms with van der Waals surface area (Å²) in [7, 11) is 1.44. The molecule has 0 radical (unpaired) electrons. The lowest BCUT2D eigenvalue weighted by Gasteiger charge is -2.07. The molecule has 0 rings (SSSR count). The summed E-state index contributed by atoms with van der Waals surface area (Å²) in [6, 6.07) is -0.764. The van der Waals surface area contributed by atoms with Crippen LogP contribution < -0.4 is 5.32 Å². The van der Waals surface area contributed by atoms with Gasteiger partial charge in [0.05, 0.1) is 9.85 Å². The van der Waals surface area contributed by atoms with Crippen molar-refractivity contribution in [3.63, 3.8) is 0 Å². The molecule has 0 fully saturated rings. The number of hydrogen-bond donors (Lipinski definition) is 1. The highest BCUT2D eigenvalue weighted by Gasteiger charge is 2.37. The summed E-state index contributed by atoms with van der Waals surface area (Å²) in [6.45, 7) is 1.39. The van der Waals surface area contributed by atoms with Gasteiger partial charge in [0.2, 0.25) is 0 Å². The number of nitrogens with one attached hydrogen (secondary N) is 1. The topological polar surface area (TPSA) is 98.3 Å². The van der Waals surface area contributed by atoms with E-state index in [0.29, 0.717) is 0 Å². The van der Waals surface area contributed by atoms with E-state index in [-0.39, 0.29) is 0 Å². The van der Waals surface area contributed by atoms with Gasteiger partial charge >= 0.3 is 6.17 Å². The second-order valence-electron chi connectivity index (χ2n) is 2.06. The van der Waals surface area contributed by atoms with Crippen LogP contribution in [0.25, 0.3) is 0 Å². The van der Waals surface area contributed by atoms with Crippen LogP contribution in [0.4, 0.5) is 0 Å². The summed E-state index contributed by atoms with van der Waals surface area (Å²) < 4.78 is 0. The molecule has 64 valence electrons. The Kier molecular flexibility index (Phi) is 3.38. The van der Waals surface area contributed by atoms with Crippen molar-refractivity contribution in [2.45, 2.75) is 19.1 Å². The summed E-state index contributed by atoms with van der Waals surface area (Å²) in [5.74, 6) is 0. The highest BCUT2D eigenvalue weighted by molar-refractivity contribution is 4.59. The van der Waals surface area contributed by atoms with Crippen molar-refractivity contribution in [2.75, 3.05) is 7.05 Å². The monoisotopic (exact) mass is 163 g/mol. The van der Waals surface area contributed by atoms with E-state index in [1.165, 1.54) is 14.0 Å².